The smallest absolute Gasteiger partial charge is 0.328 e. The van der Waals surface area contributed by atoms with E-state index in [1.165, 1.54) is 0 Å². The monoisotopic (exact) mass is 254 g/mol. The van der Waals surface area contributed by atoms with E-state index < -0.39 is 17.5 Å². The van der Waals surface area contributed by atoms with Crippen LogP contribution < -0.4 is 11.1 Å². The lowest BCUT2D eigenvalue weighted by atomic mass is 9.87. The Bertz CT molecular complexity index is 390. The van der Waals surface area contributed by atoms with Crippen LogP contribution in [0.3, 0.4) is 0 Å². The van der Waals surface area contributed by atoms with Crippen LogP contribution >= 0.6 is 0 Å². The van der Waals surface area contributed by atoms with E-state index in [4.69, 9.17) is 5.73 Å². The van der Waals surface area contributed by atoms with Gasteiger partial charge in [0.1, 0.15) is 12.1 Å². The van der Waals surface area contributed by atoms with Crippen LogP contribution in [0.25, 0.3) is 0 Å². The highest BCUT2D eigenvalue weighted by atomic mass is 16.2. The molecule has 3 N–H and O–H groups in total. The summed E-state index contributed by atoms with van der Waals surface area (Å²) in [7, 11) is 0. The van der Waals surface area contributed by atoms with Gasteiger partial charge in [0, 0.05) is 6.54 Å². The van der Waals surface area contributed by atoms with E-state index in [1.807, 2.05) is 6.92 Å². The maximum absolute atomic E-state index is 12.4. The molecule has 0 radical (unpaired) electrons. The van der Waals surface area contributed by atoms with E-state index in [9.17, 15) is 14.4 Å². The fraction of sp³-hybridized carbons (Fsp3) is 0.727. The highest BCUT2D eigenvalue weighted by Crippen LogP contribution is 2.35. The van der Waals surface area contributed by atoms with Crippen molar-refractivity contribution in [3.05, 3.63) is 0 Å². The van der Waals surface area contributed by atoms with E-state index >= 15 is 0 Å². The van der Waals surface area contributed by atoms with Crippen LogP contribution in [-0.2, 0) is 9.59 Å². The first-order valence-corrected chi connectivity index (χ1v) is 6.15. The summed E-state index contributed by atoms with van der Waals surface area (Å²) in [4.78, 5) is 38.1. The number of imide groups is 1. The average molecular weight is 254 g/mol. The maximum Gasteiger partial charge on any atom is 0.328 e. The van der Waals surface area contributed by atoms with Crippen molar-refractivity contribution in [1.29, 1.82) is 0 Å². The number of likely N-dealkylation sites (N-methyl/N-ethyl adjacent to an activating group) is 1. The van der Waals surface area contributed by atoms with Crippen molar-refractivity contribution in [3.63, 3.8) is 0 Å². The second kappa shape index (κ2) is 4.56. The summed E-state index contributed by atoms with van der Waals surface area (Å²) >= 11 is 0. The van der Waals surface area contributed by atoms with Crippen LogP contribution in [0.2, 0.25) is 0 Å². The Morgan fingerprint density at radius 1 is 1.39 bits per heavy atom. The van der Waals surface area contributed by atoms with Gasteiger partial charge in [-0.1, -0.05) is 0 Å². The Morgan fingerprint density at radius 3 is 2.50 bits per heavy atom. The van der Waals surface area contributed by atoms with Gasteiger partial charge in [0.25, 0.3) is 5.91 Å². The predicted octanol–water partition coefficient (Wildman–Crippen LogP) is -1.12. The number of nitrogens with two attached hydrogens (primary N) is 1. The normalized spacial score (nSPS) is 22.9. The van der Waals surface area contributed by atoms with Crippen molar-refractivity contribution in [1.82, 2.24) is 15.1 Å². The first kappa shape index (κ1) is 12.8. The predicted molar refractivity (Wildman–Crippen MR) is 63.5 cm³/mol. The number of carbonyl (C=O) groups excluding carboxylic acids is 3. The number of carbonyl (C=O) groups is 3. The molecule has 0 aromatic carbocycles. The molecule has 0 saturated carbocycles. The van der Waals surface area contributed by atoms with Gasteiger partial charge in [0.2, 0.25) is 5.91 Å². The van der Waals surface area contributed by atoms with Crippen molar-refractivity contribution < 1.29 is 14.4 Å². The van der Waals surface area contributed by atoms with Crippen LogP contribution in [0.4, 0.5) is 4.79 Å². The summed E-state index contributed by atoms with van der Waals surface area (Å²) < 4.78 is 0. The zero-order valence-electron chi connectivity index (χ0n) is 10.4. The summed E-state index contributed by atoms with van der Waals surface area (Å²) in [6, 6.07) is -0.400. The average Bonchev–Trinajstić information content (AvgIpc) is 2.52. The quantitative estimate of drug-likeness (QED) is 0.623. The Hall–Kier alpha value is -1.63. The molecule has 7 heteroatoms. The zero-order chi connectivity index (χ0) is 13.3. The van der Waals surface area contributed by atoms with E-state index in [0.29, 0.717) is 32.5 Å². The number of nitrogens with one attached hydrogen (secondary N) is 1. The lowest BCUT2D eigenvalue weighted by molar-refractivity contribution is -0.136. The molecule has 0 atom stereocenters. The maximum atomic E-state index is 12.4. The molecule has 2 heterocycles. The molecule has 2 aliphatic heterocycles. The van der Waals surface area contributed by atoms with Crippen molar-refractivity contribution in [2.24, 2.45) is 5.73 Å². The number of urea groups is 1. The third-order valence-electron chi connectivity index (χ3n) is 3.68. The first-order chi connectivity index (χ1) is 8.53. The fourth-order valence-electron chi connectivity index (χ4n) is 2.84. The number of hydrogen-bond donors (Lipinski definition) is 2. The standard InChI is InChI=1S/C11H18N4O3/c1-2-15-10(18)14(7-8(12)16)9(17)11(15)3-5-13-6-4-11/h13H,2-7H2,1H3,(H2,12,16). The molecule has 1 spiro atoms. The van der Waals surface area contributed by atoms with Gasteiger partial charge < -0.3 is 16.0 Å². The summed E-state index contributed by atoms with van der Waals surface area (Å²) in [5, 5.41) is 3.17. The number of nitrogens with zero attached hydrogens (tertiary/aromatic N) is 2. The minimum atomic E-state index is -0.771. The van der Waals surface area contributed by atoms with Crippen LogP contribution in [0, 0.1) is 0 Å². The molecule has 2 fully saturated rings. The molecule has 2 aliphatic rings. The number of hydrogen-bond acceptors (Lipinski definition) is 4. The Balaban J connectivity index is 2.31. The van der Waals surface area contributed by atoms with Crippen molar-refractivity contribution in [2.45, 2.75) is 25.3 Å². The topological polar surface area (TPSA) is 95.7 Å². The number of rotatable bonds is 3. The van der Waals surface area contributed by atoms with Gasteiger partial charge in [-0.15, -0.1) is 0 Å². The van der Waals surface area contributed by atoms with E-state index in [2.05, 4.69) is 5.32 Å². The highest BCUT2D eigenvalue weighted by Gasteiger charge is 2.56. The van der Waals surface area contributed by atoms with Crippen LogP contribution in [-0.4, -0.2) is 59.4 Å². The second-order valence-electron chi connectivity index (χ2n) is 4.67. The molecule has 18 heavy (non-hydrogen) atoms. The number of piperidine rings is 1. The number of amides is 4. The SMILES string of the molecule is CCN1C(=O)N(CC(N)=O)C(=O)C12CCNCC2. The molecule has 7 nitrogen and oxygen atoms in total. The van der Waals surface area contributed by atoms with Gasteiger partial charge >= 0.3 is 6.03 Å². The third kappa shape index (κ3) is 1.74. The van der Waals surface area contributed by atoms with Crippen LogP contribution in [0.15, 0.2) is 0 Å². The van der Waals surface area contributed by atoms with Crippen LogP contribution in [0.5, 0.6) is 0 Å². The van der Waals surface area contributed by atoms with E-state index in [1.54, 1.807) is 4.90 Å². The molecule has 100 valence electrons. The van der Waals surface area contributed by atoms with Crippen molar-refractivity contribution in [2.75, 3.05) is 26.2 Å². The molecule has 0 aliphatic carbocycles. The molecule has 0 aromatic rings. The highest BCUT2D eigenvalue weighted by molar-refractivity contribution is 6.09. The minimum absolute atomic E-state index is 0.283. The number of primary amides is 1. The van der Waals surface area contributed by atoms with E-state index in [-0.39, 0.29) is 12.5 Å². The summed E-state index contributed by atoms with van der Waals surface area (Å²) in [6.45, 7) is 3.35. The summed E-state index contributed by atoms with van der Waals surface area (Å²) in [5.41, 5.74) is 4.31. The van der Waals surface area contributed by atoms with Gasteiger partial charge in [0.15, 0.2) is 0 Å². The Kier molecular flexibility index (Phi) is 3.25. The largest absolute Gasteiger partial charge is 0.368 e. The van der Waals surface area contributed by atoms with Crippen molar-refractivity contribution in [3.8, 4) is 0 Å². The lowest BCUT2D eigenvalue weighted by Gasteiger charge is -2.37. The lowest BCUT2D eigenvalue weighted by Crippen LogP contribution is -2.55. The summed E-state index contributed by atoms with van der Waals surface area (Å²) in [6.07, 6.45) is 1.17. The van der Waals surface area contributed by atoms with Gasteiger partial charge in [-0.05, 0) is 32.9 Å². The van der Waals surface area contributed by atoms with Gasteiger partial charge in [-0.3, -0.25) is 14.5 Å². The Morgan fingerprint density at radius 2 is 2.00 bits per heavy atom. The molecule has 4 amide bonds. The molecular formula is C11H18N4O3. The molecule has 0 unspecified atom stereocenters. The van der Waals surface area contributed by atoms with Crippen molar-refractivity contribution >= 4 is 17.8 Å². The molecule has 2 rings (SSSR count). The first-order valence-electron chi connectivity index (χ1n) is 6.15. The van der Waals surface area contributed by atoms with Gasteiger partial charge in [0.05, 0.1) is 0 Å². The van der Waals surface area contributed by atoms with E-state index in [0.717, 1.165) is 4.90 Å². The third-order valence-corrected chi connectivity index (χ3v) is 3.68. The van der Waals surface area contributed by atoms with Crippen LogP contribution in [0.1, 0.15) is 19.8 Å². The minimum Gasteiger partial charge on any atom is -0.368 e. The Labute approximate surface area is 105 Å². The summed E-state index contributed by atoms with van der Waals surface area (Å²) in [5.74, 6) is -0.951. The zero-order valence-corrected chi connectivity index (χ0v) is 10.4. The molecule has 2 saturated heterocycles. The van der Waals surface area contributed by atoms with Gasteiger partial charge in [-0.25, -0.2) is 4.79 Å². The molecule has 0 bridgehead atoms. The molecule has 0 aromatic heterocycles. The fourth-order valence-corrected chi connectivity index (χ4v) is 2.84. The van der Waals surface area contributed by atoms with Gasteiger partial charge in [-0.2, -0.15) is 0 Å². The molecular weight excluding hydrogens is 236 g/mol. The second-order valence-corrected chi connectivity index (χ2v) is 4.67.